The zero-order valence-electron chi connectivity index (χ0n) is 11.0. The van der Waals surface area contributed by atoms with Crippen molar-refractivity contribution < 1.29 is 19.8 Å². The summed E-state index contributed by atoms with van der Waals surface area (Å²) >= 11 is 0. The number of piperidine rings is 1. The van der Waals surface area contributed by atoms with Gasteiger partial charge in [0.25, 0.3) is 5.91 Å². The number of benzene rings is 1. The van der Waals surface area contributed by atoms with Crippen LogP contribution in [0.5, 0.6) is 0 Å². The van der Waals surface area contributed by atoms with E-state index in [2.05, 4.69) is 0 Å². The van der Waals surface area contributed by atoms with Gasteiger partial charge in [-0.3, -0.25) is 4.79 Å². The molecule has 106 valence electrons. The van der Waals surface area contributed by atoms with Gasteiger partial charge in [-0.2, -0.15) is 0 Å². The lowest BCUT2D eigenvalue weighted by Gasteiger charge is -2.37. The molecule has 0 saturated carbocycles. The van der Waals surface area contributed by atoms with Crippen molar-refractivity contribution in [1.29, 1.82) is 0 Å². The van der Waals surface area contributed by atoms with E-state index >= 15 is 0 Å². The second-order valence-corrected chi connectivity index (χ2v) is 5.57. The van der Waals surface area contributed by atoms with Crippen LogP contribution in [-0.2, 0) is 0 Å². The standard InChI is InChI=1S/C15H17NO4/c17-11-7-9-5-6-10(8-11)16(9)14(18)12-3-1-2-4-13(12)15(19)20/h1-4,9-11,17H,5-8H2,(H,19,20). The van der Waals surface area contributed by atoms with Gasteiger partial charge < -0.3 is 15.1 Å². The minimum Gasteiger partial charge on any atom is -0.478 e. The van der Waals surface area contributed by atoms with Crippen molar-refractivity contribution in [1.82, 2.24) is 4.90 Å². The third-order valence-corrected chi connectivity index (χ3v) is 4.33. The number of nitrogens with zero attached hydrogens (tertiary/aromatic N) is 1. The van der Waals surface area contributed by atoms with E-state index in [1.54, 1.807) is 23.1 Å². The largest absolute Gasteiger partial charge is 0.478 e. The summed E-state index contributed by atoms with van der Waals surface area (Å²) in [6.45, 7) is 0. The van der Waals surface area contributed by atoms with Crippen LogP contribution in [0.4, 0.5) is 0 Å². The number of hydrogen-bond acceptors (Lipinski definition) is 3. The normalized spacial score (nSPS) is 28.4. The summed E-state index contributed by atoms with van der Waals surface area (Å²) in [5.41, 5.74) is 0.288. The first-order valence-electron chi connectivity index (χ1n) is 6.91. The maximum absolute atomic E-state index is 12.7. The predicted molar refractivity (Wildman–Crippen MR) is 71.6 cm³/mol. The topological polar surface area (TPSA) is 77.8 Å². The number of carbonyl (C=O) groups excluding carboxylic acids is 1. The molecule has 2 heterocycles. The third-order valence-electron chi connectivity index (χ3n) is 4.33. The maximum Gasteiger partial charge on any atom is 0.336 e. The molecule has 20 heavy (non-hydrogen) atoms. The van der Waals surface area contributed by atoms with E-state index in [1.807, 2.05) is 0 Å². The molecule has 2 bridgehead atoms. The number of aromatic carboxylic acids is 1. The molecule has 0 aliphatic carbocycles. The fourth-order valence-corrected chi connectivity index (χ4v) is 3.48. The first-order valence-corrected chi connectivity index (χ1v) is 6.91. The Kier molecular flexibility index (Phi) is 3.22. The van der Waals surface area contributed by atoms with Crippen LogP contribution >= 0.6 is 0 Å². The zero-order valence-corrected chi connectivity index (χ0v) is 11.0. The summed E-state index contributed by atoms with van der Waals surface area (Å²) in [6.07, 6.45) is 2.63. The Labute approximate surface area is 116 Å². The average Bonchev–Trinajstić information content (AvgIpc) is 2.70. The van der Waals surface area contributed by atoms with E-state index in [1.165, 1.54) is 6.07 Å². The molecule has 0 aromatic heterocycles. The molecule has 2 atom stereocenters. The third kappa shape index (κ3) is 2.08. The van der Waals surface area contributed by atoms with Gasteiger partial charge in [0.2, 0.25) is 0 Å². The second kappa shape index (κ2) is 4.90. The molecule has 1 aromatic carbocycles. The first-order chi connectivity index (χ1) is 9.58. The Hall–Kier alpha value is -1.88. The molecule has 0 spiro atoms. The highest BCUT2D eigenvalue weighted by molar-refractivity contribution is 6.05. The van der Waals surface area contributed by atoms with Gasteiger partial charge in [-0.25, -0.2) is 4.79 Å². The van der Waals surface area contributed by atoms with E-state index in [4.69, 9.17) is 0 Å². The molecule has 5 nitrogen and oxygen atoms in total. The fraction of sp³-hybridized carbons (Fsp3) is 0.467. The zero-order chi connectivity index (χ0) is 14.3. The number of aliphatic hydroxyl groups is 1. The molecular formula is C15H17NO4. The average molecular weight is 275 g/mol. The number of amides is 1. The number of carboxylic acid groups (broad SMARTS) is 1. The van der Waals surface area contributed by atoms with Gasteiger partial charge in [0.1, 0.15) is 0 Å². The molecule has 2 aliphatic rings. The van der Waals surface area contributed by atoms with Gasteiger partial charge in [0.05, 0.1) is 17.2 Å². The molecule has 2 unspecified atom stereocenters. The van der Waals surface area contributed by atoms with Gasteiger partial charge in [0.15, 0.2) is 0 Å². The summed E-state index contributed by atoms with van der Waals surface area (Å²) < 4.78 is 0. The van der Waals surface area contributed by atoms with Crippen LogP contribution < -0.4 is 0 Å². The highest BCUT2D eigenvalue weighted by atomic mass is 16.4. The summed E-state index contributed by atoms with van der Waals surface area (Å²) in [6, 6.07) is 6.40. The van der Waals surface area contributed by atoms with Crippen LogP contribution in [0.3, 0.4) is 0 Å². The van der Waals surface area contributed by atoms with Crippen LogP contribution in [0.25, 0.3) is 0 Å². The molecule has 2 aliphatic heterocycles. The monoisotopic (exact) mass is 275 g/mol. The Balaban J connectivity index is 1.92. The van der Waals surface area contributed by atoms with Crippen molar-refractivity contribution in [3.05, 3.63) is 35.4 Å². The number of aliphatic hydroxyl groups excluding tert-OH is 1. The van der Waals surface area contributed by atoms with Crippen LogP contribution in [0.15, 0.2) is 24.3 Å². The lowest BCUT2D eigenvalue weighted by molar-refractivity contribution is 0.0283. The Morgan fingerprint density at radius 3 is 2.15 bits per heavy atom. The number of fused-ring (bicyclic) bond motifs is 2. The highest BCUT2D eigenvalue weighted by Crippen LogP contribution is 2.37. The molecule has 1 aromatic rings. The quantitative estimate of drug-likeness (QED) is 0.857. The number of rotatable bonds is 2. The lowest BCUT2D eigenvalue weighted by atomic mass is 9.97. The van der Waals surface area contributed by atoms with E-state index in [0.29, 0.717) is 12.8 Å². The second-order valence-electron chi connectivity index (χ2n) is 5.57. The minimum atomic E-state index is -1.08. The fourth-order valence-electron chi connectivity index (χ4n) is 3.48. The SMILES string of the molecule is O=C(O)c1ccccc1C(=O)N1C2CCC1CC(O)C2. The van der Waals surface area contributed by atoms with Crippen LogP contribution in [0.2, 0.25) is 0 Å². The van der Waals surface area contributed by atoms with Crippen molar-refractivity contribution in [3.8, 4) is 0 Å². The summed E-state index contributed by atoms with van der Waals surface area (Å²) in [7, 11) is 0. The molecule has 2 saturated heterocycles. The smallest absolute Gasteiger partial charge is 0.336 e. The van der Waals surface area contributed by atoms with Gasteiger partial charge in [0, 0.05) is 12.1 Å². The molecule has 3 rings (SSSR count). The Morgan fingerprint density at radius 1 is 1.05 bits per heavy atom. The number of hydrogen-bond donors (Lipinski definition) is 2. The predicted octanol–water partition coefficient (Wildman–Crippen LogP) is 1.51. The van der Waals surface area contributed by atoms with E-state index in [-0.39, 0.29) is 35.2 Å². The van der Waals surface area contributed by atoms with Gasteiger partial charge in [-0.05, 0) is 37.8 Å². The van der Waals surface area contributed by atoms with Crippen molar-refractivity contribution in [2.45, 2.75) is 43.9 Å². The van der Waals surface area contributed by atoms with E-state index in [9.17, 15) is 19.8 Å². The lowest BCUT2D eigenvalue weighted by Crippen LogP contribution is -2.48. The number of carboxylic acids is 1. The molecule has 0 radical (unpaired) electrons. The first kappa shape index (κ1) is 13.1. The molecule has 2 N–H and O–H groups in total. The van der Waals surface area contributed by atoms with Gasteiger partial charge >= 0.3 is 5.97 Å². The summed E-state index contributed by atoms with van der Waals surface area (Å²) in [4.78, 5) is 25.7. The van der Waals surface area contributed by atoms with Crippen molar-refractivity contribution >= 4 is 11.9 Å². The van der Waals surface area contributed by atoms with Gasteiger partial charge in [-0.15, -0.1) is 0 Å². The van der Waals surface area contributed by atoms with Crippen molar-refractivity contribution in [3.63, 3.8) is 0 Å². The van der Waals surface area contributed by atoms with E-state index < -0.39 is 5.97 Å². The summed E-state index contributed by atoms with van der Waals surface area (Å²) in [5.74, 6) is -1.30. The molecule has 2 fully saturated rings. The van der Waals surface area contributed by atoms with Crippen LogP contribution in [0.1, 0.15) is 46.4 Å². The molecule has 1 amide bonds. The van der Waals surface area contributed by atoms with Crippen LogP contribution in [0, 0.1) is 0 Å². The minimum absolute atomic E-state index is 0.0399. The summed E-state index contributed by atoms with van der Waals surface area (Å²) in [5, 5.41) is 19.0. The Morgan fingerprint density at radius 2 is 1.60 bits per heavy atom. The number of carbonyl (C=O) groups is 2. The van der Waals surface area contributed by atoms with E-state index in [0.717, 1.165) is 12.8 Å². The molecule has 5 heteroatoms. The Bertz CT molecular complexity index is 543. The highest BCUT2D eigenvalue weighted by Gasteiger charge is 2.43. The van der Waals surface area contributed by atoms with Crippen LogP contribution in [-0.4, -0.2) is 45.2 Å². The molecular weight excluding hydrogens is 258 g/mol. The van der Waals surface area contributed by atoms with Crippen molar-refractivity contribution in [2.75, 3.05) is 0 Å². The van der Waals surface area contributed by atoms with Gasteiger partial charge in [-0.1, -0.05) is 12.1 Å². The maximum atomic E-state index is 12.7. The van der Waals surface area contributed by atoms with Crippen molar-refractivity contribution in [2.24, 2.45) is 0 Å².